The summed E-state index contributed by atoms with van der Waals surface area (Å²) in [5.74, 6) is 0. The molecule has 0 radical (unpaired) electrons. The average molecular weight is 465 g/mol. The molecule has 33 heavy (non-hydrogen) atoms. The fourth-order valence-electron chi connectivity index (χ4n) is 5.03. The van der Waals surface area contributed by atoms with Gasteiger partial charge in [-0.3, -0.25) is 14.6 Å². The van der Waals surface area contributed by atoms with Crippen LogP contribution in [0.4, 0.5) is 11.4 Å². The number of fused-ring (bicyclic) bond motifs is 2. The topological polar surface area (TPSA) is 65.5 Å². The van der Waals surface area contributed by atoms with Crippen molar-refractivity contribution in [2.75, 3.05) is 35.8 Å². The van der Waals surface area contributed by atoms with Crippen LogP contribution in [0.5, 0.6) is 0 Å². The van der Waals surface area contributed by atoms with Crippen LogP contribution in [0.1, 0.15) is 39.2 Å². The third-order valence-corrected chi connectivity index (χ3v) is 8.33. The van der Waals surface area contributed by atoms with Crippen molar-refractivity contribution >= 4 is 32.3 Å². The normalized spacial score (nSPS) is 19.6. The maximum absolute atomic E-state index is 13.1. The molecule has 0 amide bonds. The van der Waals surface area contributed by atoms with E-state index >= 15 is 0 Å². The van der Waals surface area contributed by atoms with Gasteiger partial charge in [0, 0.05) is 48.6 Å². The first-order chi connectivity index (χ1) is 15.7. The van der Waals surface area contributed by atoms with E-state index in [1.165, 1.54) is 19.4 Å². The van der Waals surface area contributed by atoms with Crippen molar-refractivity contribution in [3.63, 3.8) is 0 Å². The number of aromatic nitrogens is 1. The molecule has 7 heteroatoms. The van der Waals surface area contributed by atoms with Crippen molar-refractivity contribution < 1.29 is 8.42 Å². The summed E-state index contributed by atoms with van der Waals surface area (Å²) in [4.78, 5) is 9.80. The molecule has 1 unspecified atom stereocenters. The van der Waals surface area contributed by atoms with Gasteiger partial charge in [-0.2, -0.15) is 0 Å². The molecule has 2 aliphatic rings. The number of nitrogens with one attached hydrogen (secondary N) is 1. The van der Waals surface area contributed by atoms with Gasteiger partial charge < -0.3 is 4.90 Å². The van der Waals surface area contributed by atoms with Crippen LogP contribution in [-0.4, -0.2) is 50.5 Å². The molecule has 2 aromatic carbocycles. The second-order valence-electron chi connectivity index (χ2n) is 10.2. The Bertz CT molecular complexity index is 1270. The largest absolute Gasteiger partial charge is 0.368 e. The van der Waals surface area contributed by atoms with Gasteiger partial charge in [0.1, 0.15) is 0 Å². The molecule has 2 fully saturated rings. The molecule has 1 aromatic heterocycles. The lowest BCUT2D eigenvalue weighted by Crippen LogP contribution is -2.50. The Morgan fingerprint density at radius 2 is 1.79 bits per heavy atom. The first kappa shape index (κ1) is 22.2. The molecule has 3 aromatic rings. The van der Waals surface area contributed by atoms with Gasteiger partial charge in [0.25, 0.3) is 10.0 Å². The molecule has 3 heterocycles. The zero-order valence-electron chi connectivity index (χ0n) is 19.6. The third-order valence-electron chi connectivity index (χ3n) is 6.93. The minimum atomic E-state index is -3.68. The first-order valence-electron chi connectivity index (χ1n) is 11.7. The summed E-state index contributed by atoms with van der Waals surface area (Å²) in [7, 11) is -3.68. The van der Waals surface area contributed by atoms with E-state index < -0.39 is 10.0 Å². The van der Waals surface area contributed by atoms with Crippen molar-refractivity contribution in [1.29, 1.82) is 0 Å². The molecule has 0 saturated carbocycles. The van der Waals surface area contributed by atoms with E-state index in [1.807, 2.05) is 30.5 Å². The van der Waals surface area contributed by atoms with E-state index in [9.17, 15) is 8.42 Å². The van der Waals surface area contributed by atoms with E-state index in [-0.39, 0.29) is 10.3 Å². The highest BCUT2D eigenvalue weighted by Gasteiger charge is 2.31. The van der Waals surface area contributed by atoms with Crippen LogP contribution in [0.25, 0.3) is 10.9 Å². The number of rotatable bonds is 4. The van der Waals surface area contributed by atoms with Crippen LogP contribution < -0.4 is 9.62 Å². The number of nitrogens with zero attached hydrogens (tertiary/aromatic N) is 3. The lowest BCUT2D eigenvalue weighted by molar-refractivity contribution is 0.231. The van der Waals surface area contributed by atoms with Crippen LogP contribution in [0.3, 0.4) is 0 Å². The Morgan fingerprint density at radius 3 is 2.55 bits per heavy atom. The molecule has 0 aliphatic carbocycles. The SMILES string of the molecule is CC(C)(C)c1ccc(S(=O)(=O)Nc2ccc3nccc(N4CCN5CCCC5C4)c3c2)cc1. The number of anilines is 2. The van der Waals surface area contributed by atoms with Crippen LogP contribution in [0.2, 0.25) is 0 Å². The van der Waals surface area contributed by atoms with Gasteiger partial charge in [-0.15, -0.1) is 0 Å². The first-order valence-corrected chi connectivity index (χ1v) is 13.2. The van der Waals surface area contributed by atoms with E-state index in [0.29, 0.717) is 11.7 Å². The highest BCUT2D eigenvalue weighted by Crippen LogP contribution is 2.32. The minimum absolute atomic E-state index is 0.0263. The van der Waals surface area contributed by atoms with Gasteiger partial charge >= 0.3 is 0 Å². The molecular formula is C26H32N4O2S. The second-order valence-corrected chi connectivity index (χ2v) is 11.9. The van der Waals surface area contributed by atoms with Crippen molar-refractivity contribution in [3.05, 3.63) is 60.3 Å². The lowest BCUT2D eigenvalue weighted by Gasteiger charge is -2.39. The molecular weight excluding hydrogens is 432 g/mol. The maximum Gasteiger partial charge on any atom is 0.261 e. The summed E-state index contributed by atoms with van der Waals surface area (Å²) in [5.41, 5.74) is 3.63. The third kappa shape index (κ3) is 4.44. The van der Waals surface area contributed by atoms with Gasteiger partial charge in [-0.05, 0) is 66.8 Å². The molecule has 1 N–H and O–H groups in total. The molecule has 5 rings (SSSR count). The minimum Gasteiger partial charge on any atom is -0.368 e. The Labute approximate surface area is 196 Å². The number of benzene rings is 2. The fraction of sp³-hybridized carbons (Fsp3) is 0.423. The summed E-state index contributed by atoms with van der Waals surface area (Å²) in [6.45, 7) is 10.6. The number of piperazine rings is 1. The molecule has 0 spiro atoms. The van der Waals surface area contributed by atoms with E-state index in [4.69, 9.17) is 0 Å². The van der Waals surface area contributed by atoms with Crippen molar-refractivity contribution in [2.45, 2.75) is 50.0 Å². The van der Waals surface area contributed by atoms with Gasteiger partial charge in [-0.25, -0.2) is 8.42 Å². The van der Waals surface area contributed by atoms with E-state index in [2.05, 4.69) is 46.3 Å². The number of hydrogen-bond acceptors (Lipinski definition) is 5. The van der Waals surface area contributed by atoms with E-state index in [1.54, 1.807) is 18.2 Å². The monoisotopic (exact) mass is 464 g/mol. The highest BCUT2D eigenvalue weighted by atomic mass is 32.2. The molecule has 6 nitrogen and oxygen atoms in total. The smallest absolute Gasteiger partial charge is 0.261 e. The fourth-order valence-corrected chi connectivity index (χ4v) is 6.08. The molecule has 2 saturated heterocycles. The van der Waals surface area contributed by atoms with Crippen LogP contribution in [0.15, 0.2) is 59.6 Å². The van der Waals surface area contributed by atoms with Crippen LogP contribution in [-0.2, 0) is 15.4 Å². The van der Waals surface area contributed by atoms with Crippen molar-refractivity contribution in [1.82, 2.24) is 9.88 Å². The van der Waals surface area contributed by atoms with Crippen molar-refractivity contribution in [2.24, 2.45) is 0 Å². The quantitative estimate of drug-likeness (QED) is 0.610. The number of hydrogen-bond donors (Lipinski definition) is 1. The zero-order chi connectivity index (χ0) is 23.2. The summed E-state index contributed by atoms with van der Waals surface area (Å²) in [5, 5.41) is 0.979. The summed E-state index contributed by atoms with van der Waals surface area (Å²) in [6.07, 6.45) is 4.37. The second kappa shape index (κ2) is 8.29. The Hall–Kier alpha value is -2.64. The van der Waals surface area contributed by atoms with E-state index in [0.717, 1.165) is 41.8 Å². The lowest BCUT2D eigenvalue weighted by atomic mass is 9.87. The molecule has 1 atom stereocenters. The van der Waals surface area contributed by atoms with Crippen molar-refractivity contribution in [3.8, 4) is 0 Å². The highest BCUT2D eigenvalue weighted by molar-refractivity contribution is 7.92. The molecule has 2 aliphatic heterocycles. The summed E-state index contributed by atoms with van der Waals surface area (Å²) >= 11 is 0. The average Bonchev–Trinajstić information content (AvgIpc) is 3.26. The van der Waals surface area contributed by atoms with Gasteiger partial charge in [-0.1, -0.05) is 32.9 Å². The van der Waals surface area contributed by atoms with Gasteiger partial charge in [0.05, 0.1) is 10.4 Å². The summed E-state index contributed by atoms with van der Waals surface area (Å²) in [6, 6.07) is 15.4. The Kier molecular flexibility index (Phi) is 5.57. The zero-order valence-corrected chi connectivity index (χ0v) is 20.4. The number of pyridine rings is 1. The van der Waals surface area contributed by atoms with Crippen LogP contribution >= 0.6 is 0 Å². The Balaban J connectivity index is 1.43. The van der Waals surface area contributed by atoms with Crippen LogP contribution in [0, 0.1) is 0 Å². The molecule has 174 valence electrons. The van der Waals surface area contributed by atoms with Gasteiger partial charge in [0.2, 0.25) is 0 Å². The number of sulfonamides is 1. The standard InChI is InChI=1S/C26H32N4O2S/c1-26(2,3)19-6-9-22(10-7-19)33(31,32)28-20-8-11-24-23(17-20)25(12-13-27-24)30-16-15-29-14-4-5-21(29)18-30/h6-13,17,21,28H,4-5,14-16,18H2,1-3H3. The van der Waals surface area contributed by atoms with Gasteiger partial charge in [0.15, 0.2) is 0 Å². The predicted molar refractivity (Wildman–Crippen MR) is 135 cm³/mol. The predicted octanol–water partition coefficient (Wildman–Crippen LogP) is 4.62. The molecule has 0 bridgehead atoms. The Morgan fingerprint density at radius 1 is 1.00 bits per heavy atom. The summed E-state index contributed by atoms with van der Waals surface area (Å²) < 4.78 is 28.9. The maximum atomic E-state index is 13.1.